The molecule has 1 unspecified atom stereocenters. The number of aldehydes is 1. The number of imide groups is 1. The first-order valence-electron chi connectivity index (χ1n) is 12.5. The van der Waals surface area contributed by atoms with Crippen molar-refractivity contribution in [3.63, 3.8) is 0 Å². The number of unbranched alkanes of at least 4 members (excludes halogenated alkanes) is 4. The van der Waals surface area contributed by atoms with Gasteiger partial charge in [0.05, 0.1) is 0 Å². The van der Waals surface area contributed by atoms with E-state index in [1.54, 1.807) is 6.07 Å². The predicted molar refractivity (Wildman–Crippen MR) is 133 cm³/mol. The summed E-state index contributed by atoms with van der Waals surface area (Å²) >= 11 is 0. The Kier molecular flexibility index (Phi) is 8.25. The SMILES string of the molecule is O=CCCCCCCc1ccc(C(=O)NCc2ccc3c(c2)CN(C2CCC(=O)NC2=O)C3=O)cc1. The lowest BCUT2D eigenvalue weighted by Crippen LogP contribution is -2.52. The molecule has 2 aliphatic heterocycles. The molecule has 8 heteroatoms. The first kappa shape index (κ1) is 25.3. The van der Waals surface area contributed by atoms with Crippen LogP contribution in [-0.4, -0.2) is 40.9 Å². The third kappa shape index (κ3) is 6.05. The van der Waals surface area contributed by atoms with Gasteiger partial charge in [-0.05, 0) is 60.6 Å². The van der Waals surface area contributed by atoms with Crippen LogP contribution in [0, 0.1) is 0 Å². The molecule has 2 heterocycles. The Morgan fingerprint density at radius 1 is 1.00 bits per heavy atom. The lowest BCUT2D eigenvalue weighted by Gasteiger charge is -2.29. The van der Waals surface area contributed by atoms with Crippen LogP contribution >= 0.6 is 0 Å². The second-order valence-corrected chi connectivity index (χ2v) is 9.39. The minimum absolute atomic E-state index is 0.169. The van der Waals surface area contributed by atoms with Crippen LogP contribution in [-0.2, 0) is 33.9 Å². The lowest BCUT2D eigenvalue weighted by atomic mass is 10.0. The van der Waals surface area contributed by atoms with E-state index in [2.05, 4.69) is 10.6 Å². The molecule has 4 amide bonds. The molecule has 36 heavy (non-hydrogen) atoms. The first-order valence-corrected chi connectivity index (χ1v) is 12.5. The standard InChI is InChI=1S/C28H31N3O5/c32-15-5-3-1-2-4-6-19-7-10-21(11-8-19)26(34)29-17-20-9-12-23-22(16-20)18-31(28(23)36)24-13-14-25(33)30-27(24)35/h7-12,15-16,24H,1-6,13-14,17-18H2,(H,29,34)(H,30,33,35). The second kappa shape index (κ2) is 11.7. The van der Waals surface area contributed by atoms with Gasteiger partial charge in [-0.2, -0.15) is 0 Å². The Balaban J connectivity index is 1.27. The van der Waals surface area contributed by atoms with Crippen molar-refractivity contribution in [2.24, 2.45) is 0 Å². The average molecular weight is 490 g/mol. The molecule has 0 aromatic heterocycles. The fourth-order valence-electron chi connectivity index (χ4n) is 4.76. The highest BCUT2D eigenvalue weighted by atomic mass is 16.2. The van der Waals surface area contributed by atoms with Crippen molar-refractivity contribution in [1.82, 2.24) is 15.5 Å². The average Bonchev–Trinajstić information content (AvgIpc) is 3.20. The number of hydrogen-bond donors (Lipinski definition) is 2. The molecule has 0 bridgehead atoms. The first-order chi connectivity index (χ1) is 17.5. The van der Waals surface area contributed by atoms with Crippen LogP contribution in [0.25, 0.3) is 0 Å². The maximum Gasteiger partial charge on any atom is 0.255 e. The second-order valence-electron chi connectivity index (χ2n) is 9.39. The van der Waals surface area contributed by atoms with Gasteiger partial charge in [-0.15, -0.1) is 0 Å². The summed E-state index contributed by atoms with van der Waals surface area (Å²) in [6, 6.07) is 12.4. The largest absolute Gasteiger partial charge is 0.348 e. The van der Waals surface area contributed by atoms with E-state index < -0.39 is 11.9 Å². The highest BCUT2D eigenvalue weighted by molar-refractivity contribution is 6.05. The summed E-state index contributed by atoms with van der Waals surface area (Å²) in [4.78, 5) is 60.9. The predicted octanol–water partition coefficient (Wildman–Crippen LogP) is 3.07. The van der Waals surface area contributed by atoms with Crippen molar-refractivity contribution in [1.29, 1.82) is 0 Å². The van der Waals surface area contributed by atoms with Crippen LogP contribution in [0.15, 0.2) is 42.5 Å². The van der Waals surface area contributed by atoms with E-state index in [1.165, 1.54) is 10.5 Å². The number of fused-ring (bicyclic) bond motifs is 1. The van der Waals surface area contributed by atoms with Crippen LogP contribution in [0.4, 0.5) is 0 Å². The van der Waals surface area contributed by atoms with Crippen LogP contribution in [0.1, 0.15) is 82.4 Å². The molecule has 2 aliphatic rings. The number of nitrogens with zero attached hydrogens (tertiary/aromatic N) is 1. The number of piperidine rings is 1. The Labute approximate surface area is 210 Å². The normalized spacial score (nSPS) is 17.1. The van der Waals surface area contributed by atoms with Crippen LogP contribution in [0.2, 0.25) is 0 Å². The summed E-state index contributed by atoms with van der Waals surface area (Å²) in [6.07, 6.45) is 7.25. The minimum Gasteiger partial charge on any atom is -0.348 e. The van der Waals surface area contributed by atoms with Crippen LogP contribution in [0.5, 0.6) is 0 Å². The Morgan fingerprint density at radius 2 is 1.75 bits per heavy atom. The molecule has 0 spiro atoms. The third-order valence-electron chi connectivity index (χ3n) is 6.79. The fourth-order valence-corrected chi connectivity index (χ4v) is 4.76. The van der Waals surface area contributed by atoms with Crippen LogP contribution < -0.4 is 10.6 Å². The van der Waals surface area contributed by atoms with E-state index in [1.807, 2.05) is 36.4 Å². The number of aryl methyl sites for hydroxylation is 1. The third-order valence-corrected chi connectivity index (χ3v) is 6.79. The minimum atomic E-state index is -0.642. The highest BCUT2D eigenvalue weighted by Crippen LogP contribution is 2.28. The zero-order valence-corrected chi connectivity index (χ0v) is 20.3. The summed E-state index contributed by atoms with van der Waals surface area (Å²) in [7, 11) is 0. The van der Waals surface area contributed by atoms with Gasteiger partial charge in [0.2, 0.25) is 11.8 Å². The van der Waals surface area contributed by atoms with E-state index >= 15 is 0 Å². The van der Waals surface area contributed by atoms with Gasteiger partial charge in [-0.25, -0.2) is 0 Å². The zero-order chi connectivity index (χ0) is 25.5. The van der Waals surface area contributed by atoms with Gasteiger partial charge in [0.25, 0.3) is 11.8 Å². The number of amides is 4. The van der Waals surface area contributed by atoms with Crippen LogP contribution in [0.3, 0.4) is 0 Å². The summed E-state index contributed by atoms with van der Waals surface area (Å²) < 4.78 is 0. The van der Waals surface area contributed by atoms with Gasteiger partial charge < -0.3 is 15.0 Å². The van der Waals surface area contributed by atoms with Gasteiger partial charge in [-0.3, -0.25) is 24.5 Å². The van der Waals surface area contributed by atoms with Crippen molar-refractivity contribution >= 4 is 29.9 Å². The number of hydrogen-bond acceptors (Lipinski definition) is 5. The van der Waals surface area contributed by atoms with Gasteiger partial charge >= 0.3 is 0 Å². The lowest BCUT2D eigenvalue weighted by molar-refractivity contribution is -0.136. The Bertz CT molecular complexity index is 1160. The molecule has 0 saturated carbocycles. The number of carbonyl (C=O) groups excluding carboxylic acids is 5. The zero-order valence-electron chi connectivity index (χ0n) is 20.3. The molecule has 1 atom stereocenters. The number of rotatable bonds is 11. The molecule has 0 radical (unpaired) electrons. The molecule has 1 fully saturated rings. The molecule has 8 nitrogen and oxygen atoms in total. The van der Waals surface area contributed by atoms with E-state index in [0.717, 1.165) is 49.5 Å². The van der Waals surface area contributed by atoms with Gasteiger partial charge in [0, 0.05) is 37.1 Å². The van der Waals surface area contributed by atoms with Crippen molar-refractivity contribution in [3.05, 3.63) is 70.3 Å². The smallest absolute Gasteiger partial charge is 0.255 e. The molecule has 1 saturated heterocycles. The summed E-state index contributed by atoms with van der Waals surface area (Å²) in [5, 5.41) is 5.23. The molecular weight excluding hydrogens is 458 g/mol. The molecule has 0 aliphatic carbocycles. The van der Waals surface area contributed by atoms with E-state index in [0.29, 0.717) is 37.1 Å². The fraction of sp³-hybridized carbons (Fsp3) is 0.393. The molecule has 2 aromatic carbocycles. The number of benzene rings is 2. The van der Waals surface area contributed by atoms with Gasteiger partial charge in [-0.1, -0.05) is 37.1 Å². The molecule has 4 rings (SSSR count). The van der Waals surface area contributed by atoms with Gasteiger partial charge in [0.1, 0.15) is 12.3 Å². The number of nitrogens with one attached hydrogen (secondary N) is 2. The van der Waals surface area contributed by atoms with Crippen molar-refractivity contribution in [3.8, 4) is 0 Å². The Hall–Kier alpha value is -3.81. The maximum absolute atomic E-state index is 12.8. The molecular formula is C28H31N3O5. The quantitative estimate of drug-likeness (QED) is 0.286. The highest BCUT2D eigenvalue weighted by Gasteiger charge is 2.39. The van der Waals surface area contributed by atoms with Crippen molar-refractivity contribution in [2.45, 2.75) is 70.5 Å². The number of carbonyl (C=O) groups is 5. The molecule has 2 aromatic rings. The molecule has 188 valence electrons. The van der Waals surface area contributed by atoms with Crippen molar-refractivity contribution < 1.29 is 24.0 Å². The Morgan fingerprint density at radius 3 is 2.50 bits per heavy atom. The van der Waals surface area contributed by atoms with E-state index in [9.17, 15) is 24.0 Å². The monoisotopic (exact) mass is 489 g/mol. The van der Waals surface area contributed by atoms with E-state index in [-0.39, 0.29) is 24.1 Å². The molecule has 2 N–H and O–H groups in total. The van der Waals surface area contributed by atoms with E-state index in [4.69, 9.17) is 0 Å². The van der Waals surface area contributed by atoms with Gasteiger partial charge in [0.15, 0.2) is 0 Å². The topological polar surface area (TPSA) is 113 Å². The van der Waals surface area contributed by atoms with Crippen molar-refractivity contribution in [2.75, 3.05) is 0 Å². The summed E-state index contributed by atoms with van der Waals surface area (Å²) in [5.74, 6) is -1.12. The maximum atomic E-state index is 12.8. The summed E-state index contributed by atoms with van der Waals surface area (Å²) in [5.41, 5.74) is 4.00. The summed E-state index contributed by atoms with van der Waals surface area (Å²) in [6.45, 7) is 0.627.